The molecule has 0 spiro atoms. The maximum atomic E-state index is 14.1. The molecule has 190 valence electrons. The summed E-state index contributed by atoms with van der Waals surface area (Å²) in [6.45, 7) is 3.46. The van der Waals surface area contributed by atoms with Gasteiger partial charge >= 0.3 is 6.18 Å². The second-order valence-corrected chi connectivity index (χ2v) is 8.44. The molecule has 0 fully saturated rings. The van der Waals surface area contributed by atoms with Gasteiger partial charge in [-0.3, -0.25) is 4.68 Å². The molecule has 2 aliphatic rings. The molecule has 0 radical (unpaired) electrons. The number of hydrogen-bond acceptors (Lipinski definition) is 6. The maximum Gasteiger partial charge on any atom is 0.417 e. The van der Waals surface area contributed by atoms with Crippen LogP contribution in [0.4, 0.5) is 22.0 Å². The van der Waals surface area contributed by atoms with Crippen LogP contribution in [0.3, 0.4) is 0 Å². The van der Waals surface area contributed by atoms with Gasteiger partial charge in [-0.15, -0.1) is 0 Å². The van der Waals surface area contributed by atoms with Gasteiger partial charge in [-0.1, -0.05) is 11.2 Å². The quantitative estimate of drug-likeness (QED) is 0.250. The average Bonchev–Trinajstić information content (AvgIpc) is 3.46. The minimum absolute atomic E-state index is 0.00178. The molecule has 37 heavy (non-hydrogen) atoms. The highest BCUT2D eigenvalue weighted by Crippen LogP contribution is 2.39. The van der Waals surface area contributed by atoms with Crippen molar-refractivity contribution in [3.8, 4) is 39.8 Å². The van der Waals surface area contributed by atoms with E-state index in [4.69, 9.17) is 9.26 Å². The van der Waals surface area contributed by atoms with Crippen molar-refractivity contribution in [1.29, 1.82) is 0 Å². The van der Waals surface area contributed by atoms with Crippen molar-refractivity contribution in [1.82, 2.24) is 24.9 Å². The van der Waals surface area contributed by atoms with Gasteiger partial charge in [0.25, 0.3) is 0 Å². The van der Waals surface area contributed by atoms with Crippen molar-refractivity contribution in [2.75, 3.05) is 0 Å². The first-order valence-corrected chi connectivity index (χ1v) is 11.1. The lowest BCUT2D eigenvalue weighted by Crippen LogP contribution is -2.10. The SMILES string of the molecule is CC(C)Oc1ccc(-c2cc(Cn3cc4nc(-c5cccc(F)c5F)nc-4cn3)on2)c(C(F)(F)F)c1. The highest BCUT2D eigenvalue weighted by atomic mass is 19.4. The maximum absolute atomic E-state index is 14.1. The minimum atomic E-state index is -4.64. The van der Waals surface area contributed by atoms with Crippen molar-refractivity contribution in [3.63, 3.8) is 0 Å². The molecule has 1 aromatic heterocycles. The molecule has 0 atom stereocenters. The summed E-state index contributed by atoms with van der Waals surface area (Å²) in [7, 11) is 0. The van der Waals surface area contributed by atoms with Gasteiger partial charge in [-0.25, -0.2) is 18.7 Å². The summed E-state index contributed by atoms with van der Waals surface area (Å²) in [5, 5.41) is 8.00. The zero-order valence-electron chi connectivity index (χ0n) is 19.4. The Hall–Kier alpha value is -4.35. The molecule has 0 unspecified atom stereocenters. The fourth-order valence-electron chi connectivity index (χ4n) is 3.75. The second-order valence-electron chi connectivity index (χ2n) is 8.44. The Morgan fingerprint density at radius 2 is 1.76 bits per heavy atom. The lowest BCUT2D eigenvalue weighted by atomic mass is 10.0. The Morgan fingerprint density at radius 1 is 0.973 bits per heavy atom. The lowest BCUT2D eigenvalue weighted by molar-refractivity contribution is -0.137. The third-order valence-electron chi connectivity index (χ3n) is 5.33. The summed E-state index contributed by atoms with van der Waals surface area (Å²) < 4.78 is 81.0. The third kappa shape index (κ3) is 4.99. The van der Waals surface area contributed by atoms with E-state index in [9.17, 15) is 22.0 Å². The number of alkyl halides is 3. The molecule has 0 N–H and O–H groups in total. The van der Waals surface area contributed by atoms with E-state index in [-0.39, 0.29) is 46.8 Å². The molecule has 3 heterocycles. The molecule has 7 nitrogen and oxygen atoms in total. The topological polar surface area (TPSA) is 78.9 Å². The van der Waals surface area contributed by atoms with Crippen LogP contribution < -0.4 is 4.74 Å². The van der Waals surface area contributed by atoms with Crippen molar-refractivity contribution in [2.45, 2.75) is 32.7 Å². The molecule has 0 aliphatic carbocycles. The van der Waals surface area contributed by atoms with Gasteiger partial charge in [-0.05, 0) is 44.2 Å². The van der Waals surface area contributed by atoms with Crippen LogP contribution in [-0.4, -0.2) is 31.0 Å². The molecule has 2 aliphatic heterocycles. The van der Waals surface area contributed by atoms with Crippen molar-refractivity contribution >= 4 is 0 Å². The number of benzene rings is 2. The largest absolute Gasteiger partial charge is 0.491 e. The number of rotatable bonds is 6. The van der Waals surface area contributed by atoms with Crippen molar-refractivity contribution < 1.29 is 31.2 Å². The van der Waals surface area contributed by atoms with E-state index in [1.165, 1.54) is 47.4 Å². The predicted octanol–water partition coefficient (Wildman–Crippen LogP) is 6.23. The van der Waals surface area contributed by atoms with Gasteiger partial charge in [0.1, 0.15) is 29.4 Å². The van der Waals surface area contributed by atoms with Gasteiger partial charge < -0.3 is 9.26 Å². The Balaban J connectivity index is 1.42. The molecule has 0 saturated heterocycles. The first kappa shape index (κ1) is 24.3. The van der Waals surface area contributed by atoms with Gasteiger partial charge in [0.05, 0.1) is 29.6 Å². The van der Waals surface area contributed by atoms with E-state index in [2.05, 4.69) is 20.2 Å². The smallest absolute Gasteiger partial charge is 0.417 e. The van der Waals surface area contributed by atoms with Crippen LogP contribution in [0.15, 0.2) is 59.4 Å². The number of hydrogen-bond donors (Lipinski definition) is 0. The standard InChI is InChI=1S/C25H18F5N5O2/c1-13(2)36-14-6-7-16(18(8-14)25(28,29)30)20-9-15(37-34-20)11-35-12-22-21(10-31-35)32-24(33-22)17-4-3-5-19(26)23(17)27/h3-10,12-13H,11H2,1-2H3. The van der Waals surface area contributed by atoms with E-state index in [0.717, 1.165) is 12.1 Å². The van der Waals surface area contributed by atoms with Crippen molar-refractivity contribution in [2.24, 2.45) is 0 Å². The summed E-state index contributed by atoms with van der Waals surface area (Å²) in [6, 6.07) is 8.75. The summed E-state index contributed by atoms with van der Waals surface area (Å²) >= 11 is 0. The number of ether oxygens (including phenoxy) is 1. The fourth-order valence-corrected chi connectivity index (χ4v) is 3.75. The second kappa shape index (κ2) is 9.26. The average molecular weight is 515 g/mol. The summed E-state index contributed by atoms with van der Waals surface area (Å²) in [5.41, 5.74) is -0.442. The normalized spacial score (nSPS) is 12.0. The van der Waals surface area contributed by atoms with Gasteiger partial charge in [-0.2, -0.15) is 18.3 Å². The van der Waals surface area contributed by atoms with Crippen LogP contribution >= 0.6 is 0 Å². The van der Waals surface area contributed by atoms with Crippen LogP contribution in [0.25, 0.3) is 34.0 Å². The molecular weight excluding hydrogens is 497 g/mol. The summed E-state index contributed by atoms with van der Waals surface area (Å²) in [6.07, 6.45) is -2.04. The number of halogens is 5. The molecule has 2 aromatic carbocycles. The number of aromatic nitrogens is 5. The first-order valence-electron chi connectivity index (χ1n) is 11.1. The van der Waals surface area contributed by atoms with Crippen LogP contribution in [-0.2, 0) is 12.7 Å². The van der Waals surface area contributed by atoms with Gasteiger partial charge in [0, 0.05) is 11.6 Å². The highest BCUT2D eigenvalue weighted by Gasteiger charge is 2.35. The zero-order valence-corrected chi connectivity index (χ0v) is 19.4. The van der Waals surface area contributed by atoms with E-state index < -0.39 is 23.4 Å². The minimum Gasteiger partial charge on any atom is -0.491 e. The third-order valence-corrected chi connectivity index (χ3v) is 5.33. The van der Waals surface area contributed by atoms with Crippen LogP contribution in [0.5, 0.6) is 5.75 Å². The zero-order chi connectivity index (χ0) is 26.3. The molecule has 0 amide bonds. The Kier molecular flexibility index (Phi) is 6.10. The number of imidazole rings is 1. The molecule has 0 saturated carbocycles. The molecule has 0 bridgehead atoms. The highest BCUT2D eigenvalue weighted by molar-refractivity contribution is 5.66. The van der Waals surface area contributed by atoms with Crippen molar-refractivity contribution in [3.05, 3.63) is 77.8 Å². The lowest BCUT2D eigenvalue weighted by Gasteiger charge is -2.15. The number of fused-ring (bicyclic) bond motifs is 1. The fraction of sp³-hybridized carbons (Fsp3) is 0.200. The molecule has 5 rings (SSSR count). The van der Waals surface area contributed by atoms with Gasteiger partial charge in [0.2, 0.25) is 0 Å². The van der Waals surface area contributed by atoms with E-state index >= 15 is 0 Å². The van der Waals surface area contributed by atoms with Gasteiger partial charge in [0.15, 0.2) is 23.2 Å². The summed E-state index contributed by atoms with van der Waals surface area (Å²) in [5.74, 6) is -1.75. The van der Waals surface area contributed by atoms with E-state index in [1.807, 2.05) is 0 Å². The first-order chi connectivity index (χ1) is 17.6. The Bertz CT molecular complexity index is 1540. The molecule has 3 aromatic rings. The van der Waals surface area contributed by atoms with Crippen LogP contribution in [0, 0.1) is 11.6 Å². The molecular formula is C25H18F5N5O2. The van der Waals surface area contributed by atoms with Crippen LogP contribution in [0.1, 0.15) is 25.2 Å². The van der Waals surface area contributed by atoms with E-state index in [0.29, 0.717) is 11.4 Å². The molecule has 12 heteroatoms. The Morgan fingerprint density at radius 3 is 2.51 bits per heavy atom. The summed E-state index contributed by atoms with van der Waals surface area (Å²) in [4.78, 5) is 8.43. The Labute approximate surface area is 206 Å². The van der Waals surface area contributed by atoms with E-state index in [1.54, 1.807) is 13.8 Å². The predicted molar refractivity (Wildman–Crippen MR) is 122 cm³/mol. The van der Waals surface area contributed by atoms with Crippen LogP contribution in [0.2, 0.25) is 0 Å². The monoisotopic (exact) mass is 515 g/mol. The number of nitrogens with zero attached hydrogens (tertiary/aromatic N) is 5.